The number of H-pyrrole nitrogens is 1. The zero-order chi connectivity index (χ0) is 20.5. The van der Waals surface area contributed by atoms with E-state index in [-0.39, 0.29) is 12.0 Å². The van der Waals surface area contributed by atoms with Crippen LogP contribution in [0.25, 0.3) is 21.8 Å². The Bertz CT molecular complexity index is 1220. The highest BCUT2D eigenvalue weighted by Crippen LogP contribution is 2.27. The average molecular weight is 400 g/mol. The molecule has 1 fully saturated rings. The number of aromatic nitrogens is 2. The Labute approximate surface area is 174 Å². The number of carbonyl (C=O) groups is 1. The van der Waals surface area contributed by atoms with Crippen molar-refractivity contribution in [3.05, 3.63) is 77.6 Å². The summed E-state index contributed by atoms with van der Waals surface area (Å²) in [7, 11) is 1.65. The van der Waals surface area contributed by atoms with Gasteiger partial charge in [-0.15, -0.1) is 0 Å². The maximum atomic E-state index is 12.5. The third-order valence-corrected chi connectivity index (χ3v) is 5.71. The number of ether oxygens (including phenoxy) is 1. The average Bonchev–Trinajstić information content (AvgIpc) is 3.26. The van der Waals surface area contributed by atoms with Gasteiger partial charge in [0.05, 0.1) is 23.4 Å². The van der Waals surface area contributed by atoms with Crippen LogP contribution in [0.15, 0.2) is 60.8 Å². The summed E-state index contributed by atoms with van der Waals surface area (Å²) in [6, 6.07) is 18.2. The van der Waals surface area contributed by atoms with Gasteiger partial charge >= 0.3 is 0 Å². The molecule has 6 heteroatoms. The summed E-state index contributed by atoms with van der Waals surface area (Å²) in [5.41, 5.74) is 4.68. The molecule has 0 saturated carbocycles. The first-order valence-corrected chi connectivity index (χ1v) is 10.2. The normalized spacial score (nSPS) is 17.4. The van der Waals surface area contributed by atoms with Crippen molar-refractivity contribution in [1.82, 2.24) is 20.2 Å². The van der Waals surface area contributed by atoms with E-state index >= 15 is 0 Å². The van der Waals surface area contributed by atoms with Gasteiger partial charge in [-0.05, 0) is 41.3 Å². The first-order chi connectivity index (χ1) is 14.7. The minimum atomic E-state index is -0.164. The van der Waals surface area contributed by atoms with E-state index in [9.17, 15) is 4.79 Å². The lowest BCUT2D eigenvalue weighted by Gasteiger charge is -2.33. The molecule has 1 saturated heterocycles. The summed E-state index contributed by atoms with van der Waals surface area (Å²) < 4.78 is 6.07. The number of carbonyl (C=O) groups excluding carboxylic acids is 1. The number of benzene rings is 2. The van der Waals surface area contributed by atoms with E-state index in [1.807, 2.05) is 36.5 Å². The molecule has 4 aromatic rings. The van der Waals surface area contributed by atoms with Gasteiger partial charge in [-0.2, -0.15) is 0 Å². The second kappa shape index (κ2) is 7.89. The number of nitrogens with zero attached hydrogens (tertiary/aromatic N) is 2. The predicted molar refractivity (Wildman–Crippen MR) is 117 cm³/mol. The van der Waals surface area contributed by atoms with Crippen molar-refractivity contribution in [3.63, 3.8) is 0 Å². The number of hydrogen-bond acceptors (Lipinski definition) is 4. The molecule has 0 radical (unpaired) electrons. The Balaban J connectivity index is 1.41. The van der Waals surface area contributed by atoms with Crippen LogP contribution in [0.2, 0.25) is 0 Å². The maximum absolute atomic E-state index is 12.5. The van der Waals surface area contributed by atoms with Gasteiger partial charge in [0.1, 0.15) is 6.10 Å². The van der Waals surface area contributed by atoms with Crippen LogP contribution >= 0.6 is 0 Å². The van der Waals surface area contributed by atoms with Crippen LogP contribution in [0.4, 0.5) is 0 Å². The van der Waals surface area contributed by atoms with Gasteiger partial charge in [0.25, 0.3) is 5.91 Å². The van der Waals surface area contributed by atoms with Gasteiger partial charge in [-0.1, -0.05) is 24.3 Å². The monoisotopic (exact) mass is 400 g/mol. The zero-order valence-corrected chi connectivity index (χ0v) is 16.9. The smallest absolute Gasteiger partial charge is 0.251 e. The summed E-state index contributed by atoms with van der Waals surface area (Å²) in [6.07, 6.45) is 1.80. The van der Waals surface area contributed by atoms with Crippen molar-refractivity contribution in [2.75, 3.05) is 26.7 Å². The van der Waals surface area contributed by atoms with Crippen molar-refractivity contribution in [1.29, 1.82) is 0 Å². The molecule has 2 aromatic carbocycles. The Morgan fingerprint density at radius 2 is 2.13 bits per heavy atom. The van der Waals surface area contributed by atoms with Crippen LogP contribution in [-0.4, -0.2) is 47.5 Å². The summed E-state index contributed by atoms with van der Waals surface area (Å²) in [5.74, 6) is -0.109. The summed E-state index contributed by atoms with van der Waals surface area (Å²) in [5, 5.41) is 4.82. The quantitative estimate of drug-likeness (QED) is 0.549. The van der Waals surface area contributed by atoms with Crippen molar-refractivity contribution >= 4 is 27.7 Å². The number of nitrogens with one attached hydrogen (secondary N) is 2. The fourth-order valence-electron chi connectivity index (χ4n) is 4.17. The van der Waals surface area contributed by atoms with Crippen LogP contribution in [-0.2, 0) is 11.3 Å². The molecule has 3 heterocycles. The lowest BCUT2D eigenvalue weighted by Crippen LogP contribution is -2.38. The molecule has 5 rings (SSSR count). The fraction of sp³-hybridized carbons (Fsp3) is 0.250. The van der Waals surface area contributed by atoms with Crippen molar-refractivity contribution in [2.24, 2.45) is 0 Å². The molecule has 30 heavy (non-hydrogen) atoms. The number of amides is 1. The summed E-state index contributed by atoms with van der Waals surface area (Å²) in [6.45, 7) is 3.11. The third kappa shape index (κ3) is 3.56. The third-order valence-electron chi connectivity index (χ3n) is 5.71. The minimum absolute atomic E-state index is 0.109. The Morgan fingerprint density at radius 3 is 3.03 bits per heavy atom. The molecule has 2 aromatic heterocycles. The van der Waals surface area contributed by atoms with Crippen LogP contribution in [0.3, 0.4) is 0 Å². The van der Waals surface area contributed by atoms with Gasteiger partial charge < -0.3 is 15.0 Å². The Morgan fingerprint density at radius 1 is 1.23 bits per heavy atom. The van der Waals surface area contributed by atoms with Gasteiger partial charge in [-0.25, -0.2) is 4.98 Å². The van der Waals surface area contributed by atoms with Crippen molar-refractivity contribution in [2.45, 2.75) is 12.6 Å². The van der Waals surface area contributed by atoms with Crippen molar-refractivity contribution in [3.8, 4) is 0 Å². The molecule has 1 aliphatic heterocycles. The highest BCUT2D eigenvalue weighted by atomic mass is 16.5. The first kappa shape index (κ1) is 18.8. The molecule has 6 nitrogen and oxygen atoms in total. The summed E-state index contributed by atoms with van der Waals surface area (Å²) >= 11 is 0. The van der Waals surface area contributed by atoms with E-state index in [2.05, 4.69) is 39.5 Å². The molecule has 0 aliphatic carbocycles. The topological polar surface area (TPSA) is 70.2 Å². The first-order valence-electron chi connectivity index (χ1n) is 10.2. The maximum Gasteiger partial charge on any atom is 0.251 e. The van der Waals surface area contributed by atoms with Gasteiger partial charge in [0.2, 0.25) is 0 Å². The number of aromatic amines is 1. The molecule has 1 atom stereocenters. The molecule has 0 spiro atoms. The zero-order valence-electron chi connectivity index (χ0n) is 16.9. The predicted octanol–water partition coefficient (Wildman–Crippen LogP) is 3.65. The SMILES string of the molecule is CNC(=O)c1cc([C@@H]2CN(Cc3ccc4[nH]ccc4c3)CCO2)nc2ccccc12. The van der Waals surface area contributed by atoms with Crippen LogP contribution < -0.4 is 5.32 Å². The highest BCUT2D eigenvalue weighted by Gasteiger charge is 2.25. The molecule has 0 unspecified atom stereocenters. The molecular weight excluding hydrogens is 376 g/mol. The largest absolute Gasteiger partial charge is 0.369 e. The van der Waals surface area contributed by atoms with E-state index in [0.29, 0.717) is 12.2 Å². The molecular formula is C24H24N4O2. The standard InChI is InChI=1S/C24H24N4O2/c1-25-24(29)19-13-22(27-21-5-3-2-4-18(19)21)23-15-28(10-11-30-23)14-16-6-7-20-17(12-16)8-9-26-20/h2-9,12-13,23,26H,10-11,14-15H2,1H3,(H,25,29)/t23-/m0/s1. The minimum Gasteiger partial charge on any atom is -0.369 e. The van der Waals surface area contributed by atoms with Crippen LogP contribution in [0, 0.1) is 0 Å². The van der Waals surface area contributed by atoms with E-state index in [1.54, 1.807) is 7.05 Å². The van der Waals surface area contributed by atoms with E-state index in [0.717, 1.165) is 41.7 Å². The Kier molecular flexibility index (Phi) is 4.94. The lowest BCUT2D eigenvalue weighted by atomic mass is 10.0. The number of morpholine rings is 1. The molecule has 1 amide bonds. The number of hydrogen-bond donors (Lipinski definition) is 2. The fourth-order valence-corrected chi connectivity index (χ4v) is 4.17. The Hall–Kier alpha value is -3.22. The van der Waals surface area contributed by atoms with Gasteiger partial charge in [0, 0.05) is 43.8 Å². The van der Waals surface area contributed by atoms with Gasteiger partial charge in [0.15, 0.2) is 0 Å². The molecule has 2 N–H and O–H groups in total. The number of fused-ring (bicyclic) bond motifs is 2. The van der Waals surface area contributed by atoms with E-state index in [4.69, 9.17) is 9.72 Å². The second-order valence-corrected chi connectivity index (χ2v) is 7.68. The molecule has 1 aliphatic rings. The van der Waals surface area contributed by atoms with Gasteiger partial charge in [-0.3, -0.25) is 9.69 Å². The van der Waals surface area contributed by atoms with Crippen molar-refractivity contribution < 1.29 is 9.53 Å². The second-order valence-electron chi connectivity index (χ2n) is 7.68. The van der Waals surface area contributed by atoms with E-state index in [1.165, 1.54) is 10.9 Å². The number of para-hydroxylation sites is 1. The molecule has 0 bridgehead atoms. The van der Waals surface area contributed by atoms with E-state index < -0.39 is 0 Å². The number of pyridine rings is 1. The highest BCUT2D eigenvalue weighted by molar-refractivity contribution is 6.06. The van der Waals surface area contributed by atoms with Crippen LogP contribution in [0.1, 0.15) is 27.7 Å². The van der Waals surface area contributed by atoms with Crippen LogP contribution in [0.5, 0.6) is 0 Å². The summed E-state index contributed by atoms with van der Waals surface area (Å²) in [4.78, 5) is 22.9. The number of rotatable bonds is 4. The molecule has 152 valence electrons. The lowest BCUT2D eigenvalue weighted by molar-refractivity contribution is -0.0348.